The molecule has 2 atom stereocenters. The van der Waals surface area contributed by atoms with Gasteiger partial charge in [0.15, 0.2) is 0 Å². The van der Waals surface area contributed by atoms with Crippen LogP contribution in [0.3, 0.4) is 0 Å². The minimum atomic E-state index is -0.771. The normalized spacial score (nSPS) is 29.6. The van der Waals surface area contributed by atoms with Crippen LogP contribution in [-0.2, 0) is 9.59 Å². The quantitative estimate of drug-likeness (QED) is 0.708. The lowest BCUT2D eigenvalue weighted by Gasteiger charge is -2.51. The molecule has 0 aromatic carbocycles. The number of hydrogen-bond donors (Lipinski definition) is 3. The van der Waals surface area contributed by atoms with Crippen LogP contribution in [0.15, 0.2) is 0 Å². The topological polar surface area (TPSA) is 81.7 Å². The summed E-state index contributed by atoms with van der Waals surface area (Å²) in [5.41, 5.74) is -0.721. The lowest BCUT2D eigenvalue weighted by molar-refractivity contribution is -0.164. The number of amides is 2. The molecule has 1 spiro atoms. The van der Waals surface area contributed by atoms with Crippen molar-refractivity contribution in [3.8, 4) is 0 Å². The Bertz CT molecular complexity index is 470. The Hall–Kier alpha value is -1.14. The van der Waals surface area contributed by atoms with Crippen molar-refractivity contribution in [1.82, 2.24) is 15.5 Å². The molecule has 6 heteroatoms. The summed E-state index contributed by atoms with van der Waals surface area (Å²) in [6, 6.07) is -0.771. The van der Waals surface area contributed by atoms with Gasteiger partial charge in [-0.2, -0.15) is 0 Å². The summed E-state index contributed by atoms with van der Waals surface area (Å²) in [5.74, 6) is -0.0353. The molecule has 0 aromatic heterocycles. The van der Waals surface area contributed by atoms with E-state index in [-0.39, 0.29) is 17.7 Å². The van der Waals surface area contributed by atoms with Crippen LogP contribution in [0.5, 0.6) is 0 Å². The van der Waals surface area contributed by atoms with Crippen LogP contribution in [0.4, 0.5) is 0 Å². The predicted octanol–water partition coefficient (Wildman–Crippen LogP) is 0.787. The minimum Gasteiger partial charge on any atom is -0.390 e. The molecule has 24 heavy (non-hydrogen) atoms. The molecule has 6 nitrogen and oxygen atoms in total. The summed E-state index contributed by atoms with van der Waals surface area (Å²) in [7, 11) is 0. The molecular formula is C18H31N3O3. The highest BCUT2D eigenvalue weighted by Gasteiger charge is 2.54. The number of aliphatic hydroxyl groups is 1. The number of piperazine rings is 1. The number of aliphatic hydroxyl groups excluding tert-OH is 1. The van der Waals surface area contributed by atoms with Crippen LogP contribution in [0, 0.1) is 5.92 Å². The van der Waals surface area contributed by atoms with Crippen LogP contribution in [0.1, 0.15) is 58.3 Å². The molecule has 3 N–H and O–H groups in total. The molecule has 3 aliphatic rings. The van der Waals surface area contributed by atoms with Gasteiger partial charge < -0.3 is 20.6 Å². The second-order valence-electron chi connectivity index (χ2n) is 7.61. The summed E-state index contributed by atoms with van der Waals surface area (Å²) in [6.07, 6.45) is 6.66. The number of piperidine rings is 1. The molecule has 1 saturated carbocycles. The van der Waals surface area contributed by atoms with Gasteiger partial charge in [-0.3, -0.25) is 9.59 Å². The number of rotatable bonds is 4. The predicted molar refractivity (Wildman–Crippen MR) is 91.4 cm³/mol. The van der Waals surface area contributed by atoms with Crippen molar-refractivity contribution >= 4 is 11.8 Å². The van der Waals surface area contributed by atoms with E-state index in [1.165, 1.54) is 6.42 Å². The van der Waals surface area contributed by atoms with Crippen LogP contribution >= 0.6 is 0 Å². The average Bonchev–Trinajstić information content (AvgIpc) is 2.63. The zero-order valence-electron chi connectivity index (χ0n) is 14.7. The maximum absolute atomic E-state index is 13.1. The van der Waals surface area contributed by atoms with Crippen molar-refractivity contribution in [1.29, 1.82) is 0 Å². The van der Waals surface area contributed by atoms with Gasteiger partial charge in [0, 0.05) is 6.54 Å². The van der Waals surface area contributed by atoms with E-state index in [4.69, 9.17) is 0 Å². The fraction of sp³-hybridized carbons (Fsp3) is 0.889. The van der Waals surface area contributed by atoms with Crippen molar-refractivity contribution in [2.45, 2.75) is 76.0 Å². The maximum atomic E-state index is 13.1. The summed E-state index contributed by atoms with van der Waals surface area (Å²) >= 11 is 0. The van der Waals surface area contributed by atoms with E-state index in [9.17, 15) is 14.7 Å². The van der Waals surface area contributed by atoms with E-state index in [1.807, 2.05) is 6.92 Å². The number of nitrogens with zero attached hydrogens (tertiary/aromatic N) is 1. The molecule has 2 amide bonds. The number of nitrogens with one attached hydrogen (secondary N) is 2. The third kappa shape index (κ3) is 3.06. The Morgan fingerprint density at radius 2 is 1.88 bits per heavy atom. The number of carbonyl (C=O) groups excluding carboxylic acids is 2. The molecule has 136 valence electrons. The summed E-state index contributed by atoms with van der Waals surface area (Å²) in [5, 5.41) is 17.0. The largest absolute Gasteiger partial charge is 0.390 e. The maximum Gasteiger partial charge on any atom is 0.248 e. The van der Waals surface area contributed by atoms with Gasteiger partial charge in [0.2, 0.25) is 11.8 Å². The van der Waals surface area contributed by atoms with E-state index in [2.05, 4.69) is 10.6 Å². The Labute approximate surface area is 144 Å². The fourth-order valence-electron chi connectivity index (χ4n) is 4.70. The molecule has 3 fully saturated rings. The number of carbonyl (C=O) groups is 2. The molecule has 2 saturated heterocycles. The third-order valence-electron chi connectivity index (χ3n) is 6.11. The Morgan fingerprint density at radius 3 is 2.50 bits per heavy atom. The molecule has 0 aromatic rings. The standard InChI is InChI=1S/C18H31N3O3/c1-2-12-21-16(23)14(15(22)13-6-4-3-5-7-13)20-17(24)18(21)8-10-19-11-9-18/h13-15,19,22H,2-12H2,1H3,(H,20,24)/t14-,15-/m1/s1. The molecule has 0 bridgehead atoms. The molecule has 1 aliphatic carbocycles. The second-order valence-corrected chi connectivity index (χ2v) is 7.61. The van der Waals surface area contributed by atoms with Gasteiger partial charge in [-0.25, -0.2) is 0 Å². The van der Waals surface area contributed by atoms with Crippen LogP contribution in [-0.4, -0.2) is 59.1 Å². The Balaban J connectivity index is 1.81. The van der Waals surface area contributed by atoms with E-state index in [1.54, 1.807) is 4.90 Å². The molecular weight excluding hydrogens is 306 g/mol. The smallest absolute Gasteiger partial charge is 0.248 e. The highest BCUT2D eigenvalue weighted by Crippen LogP contribution is 2.34. The van der Waals surface area contributed by atoms with E-state index < -0.39 is 17.7 Å². The summed E-state index contributed by atoms with van der Waals surface area (Å²) in [6.45, 7) is 4.11. The zero-order valence-corrected chi connectivity index (χ0v) is 14.7. The summed E-state index contributed by atoms with van der Waals surface area (Å²) < 4.78 is 0. The highest BCUT2D eigenvalue weighted by atomic mass is 16.3. The van der Waals surface area contributed by atoms with E-state index in [0.29, 0.717) is 19.4 Å². The fourth-order valence-corrected chi connectivity index (χ4v) is 4.70. The third-order valence-corrected chi connectivity index (χ3v) is 6.11. The van der Waals surface area contributed by atoms with Crippen molar-refractivity contribution in [3.63, 3.8) is 0 Å². The first-order valence-corrected chi connectivity index (χ1v) is 9.61. The first-order chi connectivity index (χ1) is 11.6. The van der Waals surface area contributed by atoms with Crippen molar-refractivity contribution in [2.75, 3.05) is 19.6 Å². The second kappa shape index (κ2) is 7.40. The molecule has 0 radical (unpaired) electrons. The van der Waals surface area contributed by atoms with Gasteiger partial charge >= 0.3 is 0 Å². The molecule has 0 unspecified atom stereocenters. The number of hydrogen-bond acceptors (Lipinski definition) is 4. The van der Waals surface area contributed by atoms with E-state index >= 15 is 0 Å². The first-order valence-electron chi connectivity index (χ1n) is 9.61. The van der Waals surface area contributed by atoms with Crippen LogP contribution in [0.25, 0.3) is 0 Å². The average molecular weight is 337 g/mol. The molecule has 2 aliphatic heterocycles. The van der Waals surface area contributed by atoms with Crippen LogP contribution < -0.4 is 10.6 Å². The highest BCUT2D eigenvalue weighted by molar-refractivity contribution is 6.00. The van der Waals surface area contributed by atoms with Gasteiger partial charge in [-0.05, 0) is 51.1 Å². The van der Waals surface area contributed by atoms with Crippen molar-refractivity contribution in [2.24, 2.45) is 5.92 Å². The SMILES string of the molecule is CCCN1C(=O)[C@@H]([C@H](O)C2CCCCC2)NC(=O)C12CCNCC2. The lowest BCUT2D eigenvalue weighted by Crippen LogP contribution is -2.74. The van der Waals surface area contributed by atoms with Gasteiger partial charge in [0.25, 0.3) is 0 Å². The zero-order chi connectivity index (χ0) is 17.2. The van der Waals surface area contributed by atoms with Crippen molar-refractivity contribution < 1.29 is 14.7 Å². The van der Waals surface area contributed by atoms with Gasteiger partial charge in [-0.15, -0.1) is 0 Å². The van der Waals surface area contributed by atoms with E-state index in [0.717, 1.165) is 45.2 Å². The van der Waals surface area contributed by atoms with Gasteiger partial charge in [0.1, 0.15) is 11.6 Å². The monoisotopic (exact) mass is 337 g/mol. The Kier molecular flexibility index (Phi) is 5.45. The van der Waals surface area contributed by atoms with Crippen LogP contribution in [0.2, 0.25) is 0 Å². The van der Waals surface area contributed by atoms with Gasteiger partial charge in [-0.1, -0.05) is 26.2 Å². The first kappa shape index (κ1) is 17.7. The molecule has 3 rings (SSSR count). The van der Waals surface area contributed by atoms with Crippen molar-refractivity contribution in [3.05, 3.63) is 0 Å². The lowest BCUT2D eigenvalue weighted by atomic mass is 9.78. The van der Waals surface area contributed by atoms with Gasteiger partial charge in [0.05, 0.1) is 6.10 Å². The molecule has 2 heterocycles. The minimum absolute atomic E-state index is 0.0723. The summed E-state index contributed by atoms with van der Waals surface area (Å²) in [4.78, 5) is 27.9. The Morgan fingerprint density at radius 1 is 1.21 bits per heavy atom.